The summed E-state index contributed by atoms with van der Waals surface area (Å²) in [6.45, 7) is 12.9. The van der Waals surface area contributed by atoms with Gasteiger partial charge in [-0.15, -0.1) is 0 Å². The molecule has 0 aliphatic heterocycles. The molecule has 0 saturated heterocycles. The number of hydrogen-bond acceptors (Lipinski definition) is 10. The van der Waals surface area contributed by atoms with E-state index < -0.39 is 0 Å². The number of rotatable bonds is 31. The molecule has 0 heterocycles. The zero-order chi connectivity index (χ0) is 29.5. The van der Waals surface area contributed by atoms with Crippen LogP contribution in [-0.2, 0) is 37.9 Å². The second-order valence-corrected chi connectivity index (χ2v) is 9.34. The molecule has 238 valence electrons. The Morgan fingerprint density at radius 1 is 0.512 bits per heavy atom. The van der Waals surface area contributed by atoms with Gasteiger partial charge < -0.3 is 43.2 Å². The standard InChI is InChI=1S/C31H55NO9/c1-3-5-7-8-14-34-15-16-35-17-18-36-19-20-37-21-22-38-23-24-39-25-26-40-27-28-41-31(33)29-9-11-30(12-10-29)32-13-6-4-2/h9-12,32H,3-8,13-28H2,1-2H3. The smallest absolute Gasteiger partial charge is 0.338 e. The number of nitrogens with one attached hydrogen (secondary N) is 1. The van der Waals surface area contributed by atoms with E-state index in [2.05, 4.69) is 19.2 Å². The van der Waals surface area contributed by atoms with Crippen LogP contribution in [0.3, 0.4) is 0 Å². The van der Waals surface area contributed by atoms with E-state index in [1.807, 2.05) is 12.1 Å². The highest BCUT2D eigenvalue weighted by Gasteiger charge is 2.06. The summed E-state index contributed by atoms with van der Waals surface area (Å²) in [5.74, 6) is -0.353. The van der Waals surface area contributed by atoms with E-state index in [-0.39, 0.29) is 12.6 Å². The predicted octanol–water partition coefficient (Wildman–Crippen LogP) is 4.75. The van der Waals surface area contributed by atoms with Crippen molar-refractivity contribution in [1.82, 2.24) is 0 Å². The average Bonchev–Trinajstić information content (AvgIpc) is 2.99. The van der Waals surface area contributed by atoms with E-state index >= 15 is 0 Å². The second kappa shape index (κ2) is 29.7. The third-order valence-corrected chi connectivity index (χ3v) is 5.82. The van der Waals surface area contributed by atoms with Crippen molar-refractivity contribution in [3.63, 3.8) is 0 Å². The molecule has 0 fully saturated rings. The van der Waals surface area contributed by atoms with E-state index in [4.69, 9.17) is 37.9 Å². The third kappa shape index (κ3) is 24.5. The molecule has 41 heavy (non-hydrogen) atoms. The van der Waals surface area contributed by atoms with Crippen molar-refractivity contribution in [2.24, 2.45) is 0 Å². The van der Waals surface area contributed by atoms with E-state index in [1.54, 1.807) is 12.1 Å². The Morgan fingerprint density at radius 3 is 1.37 bits per heavy atom. The summed E-state index contributed by atoms with van der Waals surface area (Å²) < 4.78 is 43.6. The van der Waals surface area contributed by atoms with Crippen molar-refractivity contribution >= 4 is 11.7 Å². The summed E-state index contributed by atoms with van der Waals surface area (Å²) in [6, 6.07) is 7.31. The molecule has 0 radical (unpaired) electrons. The quantitative estimate of drug-likeness (QED) is 0.0970. The molecule has 0 bridgehead atoms. The number of esters is 1. The van der Waals surface area contributed by atoms with Crippen LogP contribution in [-0.4, -0.2) is 112 Å². The number of carbonyl (C=O) groups is 1. The van der Waals surface area contributed by atoms with Gasteiger partial charge in [-0.05, 0) is 37.1 Å². The number of anilines is 1. The zero-order valence-corrected chi connectivity index (χ0v) is 25.5. The fraction of sp³-hybridized carbons (Fsp3) is 0.774. The summed E-state index contributed by atoms with van der Waals surface area (Å²) in [7, 11) is 0. The van der Waals surface area contributed by atoms with Gasteiger partial charge in [0.15, 0.2) is 0 Å². The molecule has 0 saturated carbocycles. The Labute approximate surface area is 247 Å². The molecule has 0 spiro atoms. The summed E-state index contributed by atoms with van der Waals surface area (Å²) in [6.07, 6.45) is 7.14. The molecule has 0 aliphatic carbocycles. The van der Waals surface area contributed by atoms with Gasteiger partial charge in [0.25, 0.3) is 0 Å². The van der Waals surface area contributed by atoms with Gasteiger partial charge in [0, 0.05) is 18.8 Å². The lowest BCUT2D eigenvalue weighted by Gasteiger charge is -2.09. The molecule has 0 unspecified atom stereocenters. The maximum atomic E-state index is 12.1. The average molecular weight is 586 g/mol. The first-order chi connectivity index (χ1) is 20.3. The van der Waals surface area contributed by atoms with Crippen molar-refractivity contribution in [2.45, 2.75) is 52.4 Å². The zero-order valence-electron chi connectivity index (χ0n) is 25.5. The topological polar surface area (TPSA) is 103 Å². The van der Waals surface area contributed by atoms with Gasteiger partial charge >= 0.3 is 5.97 Å². The van der Waals surface area contributed by atoms with Gasteiger partial charge in [0.1, 0.15) is 6.61 Å². The molecule has 0 aliphatic rings. The Kier molecular flexibility index (Phi) is 27.0. The van der Waals surface area contributed by atoms with Crippen molar-refractivity contribution in [2.75, 3.05) is 111 Å². The highest BCUT2D eigenvalue weighted by Crippen LogP contribution is 2.11. The number of ether oxygens (including phenoxy) is 8. The van der Waals surface area contributed by atoms with E-state index in [1.165, 1.54) is 19.3 Å². The first-order valence-electron chi connectivity index (χ1n) is 15.3. The SMILES string of the molecule is CCCCCCOCCOCCOCCOCCOCCOCCOCCOC(=O)c1ccc(NCCCC)cc1. The van der Waals surface area contributed by atoms with Gasteiger partial charge in [-0.3, -0.25) is 0 Å². The van der Waals surface area contributed by atoms with Gasteiger partial charge in [-0.1, -0.05) is 39.5 Å². The van der Waals surface area contributed by atoms with E-state index in [0.717, 1.165) is 38.1 Å². The molecule has 1 aromatic carbocycles. The molecule has 0 amide bonds. The second-order valence-electron chi connectivity index (χ2n) is 9.34. The Bertz CT molecular complexity index is 691. The monoisotopic (exact) mass is 585 g/mol. The lowest BCUT2D eigenvalue weighted by Crippen LogP contribution is -2.15. The fourth-order valence-electron chi connectivity index (χ4n) is 3.46. The lowest BCUT2D eigenvalue weighted by molar-refractivity contribution is -0.0223. The number of benzene rings is 1. The molecule has 10 heteroatoms. The maximum absolute atomic E-state index is 12.1. The van der Waals surface area contributed by atoms with E-state index in [0.29, 0.717) is 91.5 Å². The van der Waals surface area contributed by atoms with Gasteiger partial charge in [-0.25, -0.2) is 4.79 Å². The molecular formula is C31H55NO9. The molecule has 1 N–H and O–H groups in total. The first kappa shape index (κ1) is 37.2. The van der Waals surface area contributed by atoms with Gasteiger partial charge in [0.2, 0.25) is 0 Å². The van der Waals surface area contributed by atoms with Gasteiger partial charge in [-0.2, -0.15) is 0 Å². The first-order valence-corrected chi connectivity index (χ1v) is 15.3. The molecule has 0 aromatic heterocycles. The third-order valence-electron chi connectivity index (χ3n) is 5.82. The van der Waals surface area contributed by atoms with Crippen molar-refractivity contribution in [3.8, 4) is 0 Å². The largest absolute Gasteiger partial charge is 0.460 e. The van der Waals surface area contributed by atoms with Crippen LogP contribution in [0.4, 0.5) is 5.69 Å². The fourth-order valence-corrected chi connectivity index (χ4v) is 3.46. The molecule has 1 aromatic rings. The Hall–Kier alpha value is -1.79. The highest BCUT2D eigenvalue weighted by atomic mass is 16.6. The molecule has 1 rings (SSSR count). The van der Waals surface area contributed by atoms with Crippen LogP contribution in [0, 0.1) is 0 Å². The Morgan fingerprint density at radius 2 is 0.927 bits per heavy atom. The van der Waals surface area contributed by atoms with Crippen LogP contribution >= 0.6 is 0 Å². The normalized spacial score (nSPS) is 11.2. The predicted molar refractivity (Wildman–Crippen MR) is 160 cm³/mol. The molecule has 10 nitrogen and oxygen atoms in total. The van der Waals surface area contributed by atoms with Crippen LogP contribution in [0.15, 0.2) is 24.3 Å². The summed E-state index contributed by atoms with van der Waals surface area (Å²) >= 11 is 0. The van der Waals surface area contributed by atoms with Crippen LogP contribution in [0.1, 0.15) is 62.7 Å². The maximum Gasteiger partial charge on any atom is 0.338 e. The summed E-state index contributed by atoms with van der Waals surface area (Å²) in [5.41, 5.74) is 1.53. The van der Waals surface area contributed by atoms with Crippen molar-refractivity contribution in [1.29, 1.82) is 0 Å². The number of unbranched alkanes of at least 4 members (excludes halogenated alkanes) is 4. The van der Waals surface area contributed by atoms with Crippen LogP contribution in [0.5, 0.6) is 0 Å². The number of carbonyl (C=O) groups excluding carboxylic acids is 1. The lowest BCUT2D eigenvalue weighted by atomic mass is 10.2. The van der Waals surface area contributed by atoms with E-state index in [9.17, 15) is 4.79 Å². The minimum atomic E-state index is -0.353. The van der Waals surface area contributed by atoms with Crippen molar-refractivity contribution in [3.05, 3.63) is 29.8 Å². The minimum Gasteiger partial charge on any atom is -0.460 e. The molecule has 0 atom stereocenters. The summed E-state index contributed by atoms with van der Waals surface area (Å²) in [4.78, 5) is 12.1. The Balaban J connectivity index is 1.75. The van der Waals surface area contributed by atoms with Crippen LogP contribution in [0.2, 0.25) is 0 Å². The highest BCUT2D eigenvalue weighted by molar-refractivity contribution is 5.89. The van der Waals surface area contributed by atoms with Crippen LogP contribution in [0.25, 0.3) is 0 Å². The minimum absolute atomic E-state index is 0.200. The molecular weight excluding hydrogens is 530 g/mol. The summed E-state index contributed by atoms with van der Waals surface area (Å²) in [5, 5.41) is 3.32. The van der Waals surface area contributed by atoms with Gasteiger partial charge in [0.05, 0.1) is 91.5 Å². The van der Waals surface area contributed by atoms with Crippen LogP contribution < -0.4 is 5.32 Å². The van der Waals surface area contributed by atoms with Crippen molar-refractivity contribution < 1.29 is 42.7 Å². The number of hydrogen-bond donors (Lipinski definition) is 1.